The van der Waals surface area contributed by atoms with E-state index in [0.29, 0.717) is 0 Å². The molecule has 23 heavy (non-hydrogen) atoms. The highest BCUT2D eigenvalue weighted by atomic mass is 32.2. The summed E-state index contributed by atoms with van der Waals surface area (Å²) >= 11 is -0.357. The molecular weight excluding hydrogens is 335 g/mol. The predicted octanol–water partition coefficient (Wildman–Crippen LogP) is 2.73. The van der Waals surface area contributed by atoms with Crippen LogP contribution in [-0.2, 0) is 13.7 Å². The number of carbonyl (C=O) groups is 1. The molecule has 6 nitrogen and oxygen atoms in total. The van der Waals surface area contributed by atoms with Gasteiger partial charge in [-0.3, -0.25) is 14.7 Å². The molecular formula is C13H12F3N3O3S. The minimum Gasteiger partial charge on any atom is -0.472 e. The van der Waals surface area contributed by atoms with Gasteiger partial charge in [0, 0.05) is 35.3 Å². The lowest BCUT2D eigenvalue weighted by molar-refractivity contribution is -0.0328. The van der Waals surface area contributed by atoms with Crippen LogP contribution in [0.1, 0.15) is 15.9 Å². The Morgan fingerprint density at radius 3 is 2.74 bits per heavy atom. The Hall–Kier alpha value is -2.20. The highest BCUT2D eigenvalue weighted by Crippen LogP contribution is 2.39. The topological polar surface area (TPSA) is 76.4 Å². The van der Waals surface area contributed by atoms with Crippen LogP contribution in [-0.4, -0.2) is 26.4 Å². The SMILES string of the molecule is Cn1ccc(OCc2c(SC(F)(F)F)cccc2C(=O)NO)n1. The van der Waals surface area contributed by atoms with Crippen molar-refractivity contribution in [3.05, 3.63) is 41.6 Å². The molecule has 1 amide bonds. The van der Waals surface area contributed by atoms with Crippen molar-refractivity contribution in [2.45, 2.75) is 17.0 Å². The number of amides is 1. The Morgan fingerprint density at radius 1 is 1.43 bits per heavy atom. The van der Waals surface area contributed by atoms with Crippen LogP contribution in [0.25, 0.3) is 0 Å². The molecule has 2 aromatic rings. The van der Waals surface area contributed by atoms with Crippen molar-refractivity contribution in [1.29, 1.82) is 0 Å². The van der Waals surface area contributed by atoms with Gasteiger partial charge in [0.25, 0.3) is 5.91 Å². The smallest absolute Gasteiger partial charge is 0.446 e. The zero-order valence-electron chi connectivity index (χ0n) is 11.8. The summed E-state index contributed by atoms with van der Waals surface area (Å²) in [6.07, 6.45) is 1.60. The summed E-state index contributed by atoms with van der Waals surface area (Å²) in [4.78, 5) is 11.5. The minimum atomic E-state index is -4.52. The van der Waals surface area contributed by atoms with Gasteiger partial charge in [-0.05, 0) is 23.9 Å². The third kappa shape index (κ3) is 4.63. The molecule has 0 bridgehead atoms. The van der Waals surface area contributed by atoms with Gasteiger partial charge >= 0.3 is 5.51 Å². The van der Waals surface area contributed by atoms with Crippen LogP contribution >= 0.6 is 11.8 Å². The molecule has 0 unspecified atom stereocenters. The van der Waals surface area contributed by atoms with Crippen molar-refractivity contribution >= 4 is 17.7 Å². The Balaban J connectivity index is 2.33. The van der Waals surface area contributed by atoms with Crippen LogP contribution < -0.4 is 10.2 Å². The van der Waals surface area contributed by atoms with E-state index in [0.717, 1.165) is 0 Å². The molecule has 2 N–H and O–H groups in total. The average molecular weight is 347 g/mol. The molecule has 0 aliphatic heterocycles. The van der Waals surface area contributed by atoms with E-state index >= 15 is 0 Å². The number of ether oxygens (including phenoxy) is 1. The Labute approximate surface area is 133 Å². The zero-order valence-corrected chi connectivity index (χ0v) is 12.6. The number of hydroxylamine groups is 1. The molecule has 0 saturated carbocycles. The monoisotopic (exact) mass is 347 g/mol. The van der Waals surface area contributed by atoms with E-state index in [1.165, 1.54) is 34.4 Å². The first-order valence-electron chi connectivity index (χ1n) is 6.24. The number of carbonyl (C=O) groups excluding carboxylic acids is 1. The maximum absolute atomic E-state index is 12.7. The van der Waals surface area contributed by atoms with E-state index in [9.17, 15) is 18.0 Å². The van der Waals surface area contributed by atoms with Crippen LogP contribution in [0.5, 0.6) is 5.88 Å². The van der Waals surface area contributed by atoms with Crippen LogP contribution in [0.3, 0.4) is 0 Å². The summed E-state index contributed by atoms with van der Waals surface area (Å²) in [5, 5.41) is 12.7. The van der Waals surface area contributed by atoms with E-state index in [4.69, 9.17) is 9.94 Å². The van der Waals surface area contributed by atoms with Gasteiger partial charge in [-0.2, -0.15) is 13.2 Å². The van der Waals surface area contributed by atoms with Gasteiger partial charge in [-0.1, -0.05) is 6.07 Å². The van der Waals surface area contributed by atoms with Crippen molar-refractivity contribution in [1.82, 2.24) is 15.3 Å². The number of alkyl halides is 3. The number of thioether (sulfide) groups is 1. The first-order valence-corrected chi connectivity index (χ1v) is 7.06. The maximum atomic E-state index is 12.7. The molecule has 0 radical (unpaired) electrons. The second kappa shape index (κ2) is 6.92. The Kier molecular flexibility index (Phi) is 5.16. The van der Waals surface area contributed by atoms with Gasteiger partial charge in [0.15, 0.2) is 0 Å². The number of benzene rings is 1. The van der Waals surface area contributed by atoms with E-state index < -0.39 is 11.4 Å². The summed E-state index contributed by atoms with van der Waals surface area (Å²) < 4.78 is 44.8. The molecule has 0 spiro atoms. The molecule has 124 valence electrons. The van der Waals surface area contributed by atoms with E-state index in [1.54, 1.807) is 13.2 Å². The molecule has 0 aliphatic rings. The summed E-state index contributed by atoms with van der Waals surface area (Å²) in [5.41, 5.74) is -3.22. The van der Waals surface area contributed by atoms with E-state index in [1.807, 2.05) is 0 Å². The average Bonchev–Trinajstić information content (AvgIpc) is 2.89. The number of aryl methyl sites for hydroxylation is 1. The summed E-state index contributed by atoms with van der Waals surface area (Å²) in [6.45, 7) is -0.307. The Morgan fingerprint density at radius 2 is 2.17 bits per heavy atom. The number of rotatable bonds is 5. The van der Waals surface area contributed by atoms with E-state index in [2.05, 4.69) is 5.10 Å². The van der Waals surface area contributed by atoms with Gasteiger partial charge in [0.05, 0.1) is 0 Å². The molecule has 2 rings (SSSR count). The van der Waals surface area contributed by atoms with Gasteiger partial charge < -0.3 is 4.74 Å². The number of nitrogens with zero attached hydrogens (tertiary/aromatic N) is 2. The number of hydrogen-bond acceptors (Lipinski definition) is 5. The highest BCUT2D eigenvalue weighted by molar-refractivity contribution is 8.00. The third-order valence-electron chi connectivity index (χ3n) is 2.76. The van der Waals surface area contributed by atoms with Crippen molar-refractivity contribution in [3.8, 4) is 5.88 Å². The standard InChI is InChI=1S/C13H12F3N3O3S/c1-19-6-5-11(17-19)22-7-9-8(12(20)18-21)3-2-4-10(9)23-13(14,15)16/h2-6,21H,7H2,1H3,(H,18,20). The maximum Gasteiger partial charge on any atom is 0.446 e. The summed E-state index contributed by atoms with van der Waals surface area (Å²) in [6, 6.07) is 5.35. The van der Waals surface area contributed by atoms with Crippen LogP contribution in [0, 0.1) is 0 Å². The number of hydrogen-bond donors (Lipinski definition) is 2. The largest absolute Gasteiger partial charge is 0.472 e. The highest BCUT2D eigenvalue weighted by Gasteiger charge is 2.31. The van der Waals surface area contributed by atoms with Crippen molar-refractivity contribution < 1.29 is 27.9 Å². The van der Waals surface area contributed by atoms with Crippen molar-refractivity contribution in [2.75, 3.05) is 0 Å². The van der Waals surface area contributed by atoms with Gasteiger partial charge in [0.1, 0.15) is 6.61 Å². The molecule has 0 aliphatic carbocycles. The van der Waals surface area contributed by atoms with Crippen molar-refractivity contribution in [2.24, 2.45) is 7.05 Å². The van der Waals surface area contributed by atoms with Crippen LogP contribution in [0.4, 0.5) is 13.2 Å². The van der Waals surface area contributed by atoms with E-state index in [-0.39, 0.29) is 40.3 Å². The molecule has 1 aromatic carbocycles. The lowest BCUT2D eigenvalue weighted by atomic mass is 10.1. The number of nitrogens with one attached hydrogen (secondary N) is 1. The molecule has 1 heterocycles. The Bertz CT molecular complexity index is 703. The minimum absolute atomic E-state index is 0.00651. The molecule has 1 aromatic heterocycles. The van der Waals surface area contributed by atoms with Crippen LogP contribution in [0.15, 0.2) is 35.4 Å². The number of aromatic nitrogens is 2. The molecule has 0 saturated heterocycles. The predicted molar refractivity (Wildman–Crippen MR) is 75.1 cm³/mol. The van der Waals surface area contributed by atoms with Gasteiger partial charge in [-0.15, -0.1) is 5.10 Å². The fourth-order valence-electron chi connectivity index (χ4n) is 1.82. The lowest BCUT2D eigenvalue weighted by Gasteiger charge is -2.14. The molecule has 0 fully saturated rings. The molecule has 10 heteroatoms. The zero-order chi connectivity index (χ0) is 17.0. The molecule has 0 atom stereocenters. The van der Waals surface area contributed by atoms with Gasteiger partial charge in [-0.25, -0.2) is 5.48 Å². The first kappa shape index (κ1) is 17.2. The second-order valence-electron chi connectivity index (χ2n) is 4.39. The summed E-state index contributed by atoms with van der Waals surface area (Å²) in [5.74, 6) is -0.719. The quantitative estimate of drug-likeness (QED) is 0.494. The lowest BCUT2D eigenvalue weighted by Crippen LogP contribution is -2.21. The fraction of sp³-hybridized carbons (Fsp3) is 0.231. The van der Waals surface area contributed by atoms with Crippen LogP contribution in [0.2, 0.25) is 0 Å². The third-order valence-corrected chi connectivity index (χ3v) is 3.59. The first-order chi connectivity index (χ1) is 10.8. The normalized spacial score (nSPS) is 11.3. The number of halogens is 3. The second-order valence-corrected chi connectivity index (χ2v) is 5.49. The fourth-order valence-corrected chi connectivity index (χ4v) is 2.51. The van der Waals surface area contributed by atoms with Crippen molar-refractivity contribution in [3.63, 3.8) is 0 Å². The van der Waals surface area contributed by atoms with Gasteiger partial charge in [0.2, 0.25) is 5.88 Å². The summed E-state index contributed by atoms with van der Waals surface area (Å²) in [7, 11) is 1.66.